The molecule has 0 fully saturated rings. The van der Waals surface area contributed by atoms with Crippen LogP contribution in [-0.2, 0) is 4.74 Å². The Morgan fingerprint density at radius 2 is 1.59 bits per heavy atom. The Kier molecular flexibility index (Phi) is 5.73. The van der Waals surface area contributed by atoms with E-state index in [4.69, 9.17) is 4.74 Å². The first-order valence-electron chi connectivity index (χ1n) is 8.81. The molecule has 0 spiro atoms. The number of aryl methyl sites for hydroxylation is 1. The van der Waals surface area contributed by atoms with Gasteiger partial charge >= 0.3 is 5.97 Å². The third-order valence-electron chi connectivity index (χ3n) is 4.37. The maximum atomic E-state index is 12.7. The third-order valence-corrected chi connectivity index (χ3v) is 4.37. The Morgan fingerprint density at radius 1 is 0.966 bits per heavy atom. The van der Waals surface area contributed by atoms with E-state index in [1.807, 2.05) is 0 Å². The van der Waals surface area contributed by atoms with Crippen LogP contribution in [0.1, 0.15) is 42.5 Å². The van der Waals surface area contributed by atoms with E-state index in [1.165, 1.54) is 19.5 Å². The van der Waals surface area contributed by atoms with Gasteiger partial charge in [0.2, 0.25) is 0 Å². The monoisotopic (exact) mass is 392 g/mol. The van der Waals surface area contributed by atoms with Crippen molar-refractivity contribution in [1.82, 2.24) is 9.97 Å². The van der Waals surface area contributed by atoms with E-state index < -0.39 is 11.9 Å². The molecule has 0 aliphatic rings. The van der Waals surface area contributed by atoms with Gasteiger partial charge in [-0.2, -0.15) is 0 Å². The largest absolute Gasteiger partial charge is 0.465 e. The van der Waals surface area contributed by atoms with Gasteiger partial charge in [-0.3, -0.25) is 14.6 Å². The summed E-state index contributed by atoms with van der Waals surface area (Å²) in [5, 5.41) is 5.54. The Balaban J connectivity index is 1.76. The lowest BCUT2D eigenvalue weighted by molar-refractivity contribution is 0.0599. The molecule has 8 heteroatoms. The van der Waals surface area contributed by atoms with Crippen LogP contribution in [0.3, 0.4) is 0 Å². The fourth-order valence-corrected chi connectivity index (χ4v) is 2.96. The Hall–Kier alpha value is -3.94. The quantitative estimate of drug-likeness (QED) is 0.577. The van der Waals surface area contributed by atoms with Gasteiger partial charge in [0.15, 0.2) is 0 Å². The van der Waals surface area contributed by atoms with Gasteiger partial charge in [0.25, 0.3) is 11.8 Å². The number of ether oxygens (including phenoxy) is 1. The number of carbonyl (C=O) groups excluding carboxylic acids is 3. The summed E-state index contributed by atoms with van der Waals surface area (Å²) in [7, 11) is 1.29. The van der Waals surface area contributed by atoms with Crippen molar-refractivity contribution in [2.24, 2.45) is 0 Å². The molecule has 3 N–H and O–H groups in total. The summed E-state index contributed by atoms with van der Waals surface area (Å²) >= 11 is 0. The minimum absolute atomic E-state index is 0.272. The van der Waals surface area contributed by atoms with Crippen LogP contribution < -0.4 is 10.6 Å². The van der Waals surface area contributed by atoms with E-state index in [2.05, 4.69) is 20.6 Å². The average molecular weight is 392 g/mol. The van der Waals surface area contributed by atoms with Gasteiger partial charge in [-0.1, -0.05) is 6.07 Å². The smallest absolute Gasteiger partial charge is 0.339 e. The lowest BCUT2D eigenvalue weighted by Crippen LogP contribution is -2.15. The predicted molar refractivity (Wildman–Crippen MR) is 108 cm³/mol. The van der Waals surface area contributed by atoms with E-state index in [0.717, 1.165) is 0 Å². The summed E-state index contributed by atoms with van der Waals surface area (Å²) in [5.74, 6) is -1.19. The summed E-state index contributed by atoms with van der Waals surface area (Å²) in [4.78, 5) is 43.7. The number of benzene rings is 1. The predicted octanol–water partition coefficient (Wildman–Crippen LogP) is 3.32. The number of carbonyl (C=O) groups is 3. The molecular formula is C21H20N4O4. The molecule has 0 aliphatic carbocycles. The first kappa shape index (κ1) is 19.8. The lowest BCUT2D eigenvalue weighted by atomic mass is 10.1. The maximum Gasteiger partial charge on any atom is 0.339 e. The van der Waals surface area contributed by atoms with Crippen molar-refractivity contribution in [2.75, 3.05) is 17.7 Å². The first-order valence-corrected chi connectivity index (χ1v) is 8.81. The molecule has 148 valence electrons. The summed E-state index contributed by atoms with van der Waals surface area (Å²) in [6, 6.07) is 9.99. The van der Waals surface area contributed by atoms with Crippen molar-refractivity contribution in [3.8, 4) is 0 Å². The number of esters is 1. The number of methoxy groups -OCH3 is 1. The van der Waals surface area contributed by atoms with Gasteiger partial charge in [-0.05, 0) is 49.7 Å². The third kappa shape index (κ3) is 4.32. The van der Waals surface area contributed by atoms with E-state index in [1.54, 1.807) is 50.2 Å². The second-order valence-corrected chi connectivity index (χ2v) is 6.34. The summed E-state index contributed by atoms with van der Waals surface area (Å²) < 4.78 is 4.76. The number of amides is 2. The van der Waals surface area contributed by atoms with Crippen molar-refractivity contribution in [1.29, 1.82) is 0 Å². The minimum Gasteiger partial charge on any atom is -0.465 e. The standard InChI is InChI=1S/C21H20N4O4/c1-12-17(21(28)29-3)13(2)23-18(12)20(27)25-16-6-4-5-15(11-16)24-19(26)14-7-9-22-10-8-14/h4-11,23H,1-3H3,(H,24,26)(H,25,27). The second-order valence-electron chi connectivity index (χ2n) is 6.34. The Labute approximate surface area is 167 Å². The van der Waals surface area contributed by atoms with Gasteiger partial charge < -0.3 is 20.4 Å². The van der Waals surface area contributed by atoms with Gasteiger partial charge in [-0.25, -0.2) is 4.79 Å². The zero-order chi connectivity index (χ0) is 21.0. The molecule has 0 unspecified atom stereocenters. The minimum atomic E-state index is -0.504. The van der Waals surface area contributed by atoms with Crippen molar-refractivity contribution < 1.29 is 19.1 Å². The molecule has 2 amide bonds. The molecule has 3 rings (SSSR count). The van der Waals surface area contributed by atoms with Gasteiger partial charge in [0.1, 0.15) is 5.69 Å². The van der Waals surface area contributed by atoms with Gasteiger partial charge in [0.05, 0.1) is 12.7 Å². The van der Waals surface area contributed by atoms with Crippen LogP contribution in [0.4, 0.5) is 11.4 Å². The number of aromatic nitrogens is 2. The summed E-state index contributed by atoms with van der Waals surface area (Å²) in [5.41, 5.74) is 3.17. The Morgan fingerprint density at radius 3 is 2.21 bits per heavy atom. The van der Waals surface area contributed by atoms with E-state index in [9.17, 15) is 14.4 Å². The molecule has 0 aliphatic heterocycles. The zero-order valence-electron chi connectivity index (χ0n) is 16.2. The van der Waals surface area contributed by atoms with Gasteiger partial charge in [0, 0.05) is 35.0 Å². The normalized spacial score (nSPS) is 10.3. The van der Waals surface area contributed by atoms with Crippen molar-refractivity contribution in [3.05, 3.63) is 76.9 Å². The number of anilines is 2. The summed E-state index contributed by atoms with van der Waals surface area (Å²) in [6.07, 6.45) is 3.07. The SMILES string of the molecule is COC(=O)c1c(C)[nH]c(C(=O)Nc2cccc(NC(=O)c3ccncc3)c2)c1C. The average Bonchev–Trinajstić information content (AvgIpc) is 3.02. The molecule has 0 atom stereocenters. The lowest BCUT2D eigenvalue weighted by Gasteiger charge is -2.09. The molecule has 2 aromatic heterocycles. The molecule has 0 saturated heterocycles. The van der Waals surface area contributed by atoms with Crippen molar-refractivity contribution >= 4 is 29.2 Å². The highest BCUT2D eigenvalue weighted by molar-refractivity contribution is 6.08. The van der Waals surface area contributed by atoms with Crippen LogP contribution >= 0.6 is 0 Å². The highest BCUT2D eigenvalue weighted by Crippen LogP contribution is 2.21. The first-order chi connectivity index (χ1) is 13.9. The van der Waals surface area contributed by atoms with Crippen LogP contribution in [0.15, 0.2) is 48.8 Å². The van der Waals surface area contributed by atoms with Crippen LogP contribution in [0.2, 0.25) is 0 Å². The van der Waals surface area contributed by atoms with Crippen LogP contribution in [0, 0.1) is 13.8 Å². The topological polar surface area (TPSA) is 113 Å². The molecule has 3 aromatic rings. The number of H-pyrrole nitrogens is 1. The number of aromatic amines is 1. The summed E-state index contributed by atoms with van der Waals surface area (Å²) in [6.45, 7) is 3.38. The van der Waals surface area contributed by atoms with Crippen LogP contribution in [0.25, 0.3) is 0 Å². The number of hydrogen-bond acceptors (Lipinski definition) is 5. The molecular weight excluding hydrogens is 372 g/mol. The number of nitrogens with one attached hydrogen (secondary N) is 3. The van der Waals surface area contributed by atoms with E-state index >= 15 is 0 Å². The highest BCUT2D eigenvalue weighted by Gasteiger charge is 2.22. The molecule has 2 heterocycles. The van der Waals surface area contributed by atoms with Crippen molar-refractivity contribution in [2.45, 2.75) is 13.8 Å². The molecule has 0 bridgehead atoms. The molecule has 0 radical (unpaired) electrons. The van der Waals surface area contributed by atoms with Crippen LogP contribution in [0.5, 0.6) is 0 Å². The zero-order valence-corrected chi connectivity index (χ0v) is 16.2. The van der Waals surface area contributed by atoms with E-state index in [-0.39, 0.29) is 11.6 Å². The maximum absolute atomic E-state index is 12.7. The van der Waals surface area contributed by atoms with Crippen molar-refractivity contribution in [3.63, 3.8) is 0 Å². The van der Waals surface area contributed by atoms with Gasteiger partial charge in [-0.15, -0.1) is 0 Å². The molecule has 0 saturated carbocycles. The molecule has 1 aromatic carbocycles. The second kappa shape index (κ2) is 8.39. The molecule has 8 nitrogen and oxygen atoms in total. The number of hydrogen-bond donors (Lipinski definition) is 3. The number of rotatable bonds is 5. The fourth-order valence-electron chi connectivity index (χ4n) is 2.96. The van der Waals surface area contributed by atoms with Crippen LogP contribution in [-0.4, -0.2) is 34.9 Å². The Bertz CT molecular complexity index is 1070. The fraction of sp³-hybridized carbons (Fsp3) is 0.143. The van der Waals surface area contributed by atoms with E-state index in [0.29, 0.717) is 33.8 Å². The number of nitrogens with zero attached hydrogens (tertiary/aromatic N) is 1. The number of pyridine rings is 1. The molecule has 29 heavy (non-hydrogen) atoms. The highest BCUT2D eigenvalue weighted by atomic mass is 16.5.